The van der Waals surface area contributed by atoms with E-state index in [0.717, 1.165) is 5.56 Å². The van der Waals surface area contributed by atoms with Crippen LogP contribution in [-0.2, 0) is 0 Å². The molecule has 80 valence electrons. The molecule has 0 saturated heterocycles. The molecule has 0 fully saturated rings. The van der Waals surface area contributed by atoms with Gasteiger partial charge in [0.1, 0.15) is 0 Å². The molecule has 16 heavy (non-hydrogen) atoms. The van der Waals surface area contributed by atoms with Crippen LogP contribution in [0.3, 0.4) is 0 Å². The van der Waals surface area contributed by atoms with Crippen LogP contribution < -0.4 is 5.43 Å². The Labute approximate surface area is 97.2 Å². The van der Waals surface area contributed by atoms with Crippen molar-refractivity contribution in [3.8, 4) is 0 Å². The van der Waals surface area contributed by atoms with E-state index in [9.17, 15) is 0 Å². The zero-order valence-corrected chi connectivity index (χ0v) is 8.96. The van der Waals surface area contributed by atoms with E-state index < -0.39 is 0 Å². The molecule has 0 radical (unpaired) electrons. The number of pyridine rings is 1. The molecule has 0 aliphatic rings. The molecule has 0 aromatic carbocycles. The van der Waals surface area contributed by atoms with E-state index in [1.165, 1.54) is 12.4 Å². The molecule has 2 aromatic heterocycles. The maximum Gasteiger partial charge on any atom is 0.184 e. The first-order valence-corrected chi connectivity index (χ1v) is 4.89. The van der Waals surface area contributed by atoms with Gasteiger partial charge in [-0.2, -0.15) is 5.10 Å². The lowest BCUT2D eigenvalue weighted by atomic mass is 10.3. The van der Waals surface area contributed by atoms with Crippen LogP contribution in [0.5, 0.6) is 0 Å². The third kappa shape index (κ3) is 2.74. The molecular formula is C10H8ClN5. The number of hydrazone groups is 1. The highest BCUT2D eigenvalue weighted by atomic mass is 35.5. The second-order valence-corrected chi connectivity index (χ2v) is 3.21. The summed E-state index contributed by atoms with van der Waals surface area (Å²) in [5.74, 6) is 0.421. The highest BCUT2D eigenvalue weighted by molar-refractivity contribution is 6.31. The van der Waals surface area contributed by atoms with Crippen LogP contribution in [0.4, 0.5) is 5.82 Å². The first-order chi connectivity index (χ1) is 7.86. The van der Waals surface area contributed by atoms with Gasteiger partial charge < -0.3 is 0 Å². The van der Waals surface area contributed by atoms with Crippen molar-refractivity contribution in [2.75, 3.05) is 5.43 Å². The van der Waals surface area contributed by atoms with E-state index in [4.69, 9.17) is 11.6 Å². The zero-order chi connectivity index (χ0) is 11.2. The highest BCUT2D eigenvalue weighted by Crippen LogP contribution is 2.13. The number of halogens is 1. The molecule has 0 unspecified atom stereocenters. The number of nitrogens with one attached hydrogen (secondary N) is 1. The average Bonchev–Trinajstić information content (AvgIpc) is 2.33. The van der Waals surface area contributed by atoms with Gasteiger partial charge in [-0.25, -0.2) is 9.97 Å². The van der Waals surface area contributed by atoms with Crippen LogP contribution in [0, 0.1) is 0 Å². The number of rotatable bonds is 3. The number of hydrogen-bond donors (Lipinski definition) is 1. The van der Waals surface area contributed by atoms with E-state index in [-0.39, 0.29) is 5.15 Å². The lowest BCUT2D eigenvalue weighted by Gasteiger charge is -1.99. The van der Waals surface area contributed by atoms with Crippen molar-refractivity contribution in [2.24, 2.45) is 5.10 Å². The van der Waals surface area contributed by atoms with E-state index >= 15 is 0 Å². The Morgan fingerprint density at radius 2 is 2.12 bits per heavy atom. The topological polar surface area (TPSA) is 63.1 Å². The number of hydrogen-bond acceptors (Lipinski definition) is 5. The van der Waals surface area contributed by atoms with Crippen molar-refractivity contribution >= 4 is 23.6 Å². The van der Waals surface area contributed by atoms with Crippen molar-refractivity contribution in [1.82, 2.24) is 15.0 Å². The third-order valence-corrected chi connectivity index (χ3v) is 2.00. The zero-order valence-electron chi connectivity index (χ0n) is 8.21. The summed E-state index contributed by atoms with van der Waals surface area (Å²) in [5, 5.41) is 4.25. The summed E-state index contributed by atoms with van der Waals surface area (Å²) in [6.45, 7) is 0. The van der Waals surface area contributed by atoms with Gasteiger partial charge in [0.25, 0.3) is 0 Å². The minimum Gasteiger partial charge on any atom is -0.264 e. The summed E-state index contributed by atoms with van der Waals surface area (Å²) < 4.78 is 0. The second kappa shape index (κ2) is 5.18. The van der Waals surface area contributed by atoms with Crippen molar-refractivity contribution in [3.63, 3.8) is 0 Å². The van der Waals surface area contributed by atoms with Crippen LogP contribution in [0.15, 0.2) is 42.0 Å². The summed E-state index contributed by atoms with van der Waals surface area (Å²) in [7, 11) is 0. The Morgan fingerprint density at radius 3 is 2.88 bits per heavy atom. The Hall–Kier alpha value is -2.01. The second-order valence-electron chi connectivity index (χ2n) is 2.85. The fourth-order valence-corrected chi connectivity index (χ4v) is 1.16. The molecule has 0 amide bonds. The molecule has 0 saturated carbocycles. The molecule has 0 atom stereocenters. The van der Waals surface area contributed by atoms with Gasteiger partial charge in [-0.05, 0) is 6.07 Å². The molecule has 0 aliphatic carbocycles. The normalized spacial score (nSPS) is 10.6. The molecule has 0 aliphatic heterocycles. The predicted molar refractivity (Wildman–Crippen MR) is 62.5 cm³/mol. The number of nitrogens with zero attached hydrogens (tertiary/aromatic N) is 4. The SMILES string of the molecule is Clc1nccnc1N/N=C\c1cccnc1. The minimum absolute atomic E-state index is 0.283. The summed E-state index contributed by atoms with van der Waals surface area (Å²) in [6, 6.07) is 3.72. The number of aromatic nitrogens is 3. The van der Waals surface area contributed by atoms with Crippen LogP contribution in [0.25, 0.3) is 0 Å². The van der Waals surface area contributed by atoms with Crippen molar-refractivity contribution < 1.29 is 0 Å². The van der Waals surface area contributed by atoms with Crippen LogP contribution in [0.1, 0.15) is 5.56 Å². The lowest BCUT2D eigenvalue weighted by Crippen LogP contribution is -1.95. The molecule has 0 bridgehead atoms. The van der Waals surface area contributed by atoms with Gasteiger partial charge in [-0.3, -0.25) is 10.4 Å². The molecular weight excluding hydrogens is 226 g/mol. The number of anilines is 1. The summed E-state index contributed by atoms with van der Waals surface area (Å²) in [4.78, 5) is 11.8. The monoisotopic (exact) mass is 233 g/mol. The van der Waals surface area contributed by atoms with Crippen molar-refractivity contribution in [1.29, 1.82) is 0 Å². The molecule has 2 heterocycles. The van der Waals surface area contributed by atoms with E-state index in [0.29, 0.717) is 5.82 Å². The smallest absolute Gasteiger partial charge is 0.184 e. The van der Waals surface area contributed by atoms with Gasteiger partial charge in [0.05, 0.1) is 6.21 Å². The Balaban J connectivity index is 2.03. The third-order valence-electron chi connectivity index (χ3n) is 1.72. The predicted octanol–water partition coefficient (Wildman–Crippen LogP) is 1.97. The van der Waals surface area contributed by atoms with E-state index in [2.05, 4.69) is 25.5 Å². The first kappa shape index (κ1) is 10.5. The van der Waals surface area contributed by atoms with Gasteiger partial charge >= 0.3 is 0 Å². The Bertz CT molecular complexity index is 486. The minimum atomic E-state index is 0.283. The maximum absolute atomic E-state index is 5.78. The fourth-order valence-electron chi connectivity index (χ4n) is 1.02. The average molecular weight is 234 g/mol. The summed E-state index contributed by atoms with van der Waals surface area (Å²) >= 11 is 5.78. The molecule has 5 nitrogen and oxygen atoms in total. The van der Waals surface area contributed by atoms with Gasteiger partial charge in [0.2, 0.25) is 0 Å². The highest BCUT2D eigenvalue weighted by Gasteiger charge is 1.98. The van der Waals surface area contributed by atoms with Gasteiger partial charge in [-0.15, -0.1) is 0 Å². The van der Waals surface area contributed by atoms with Gasteiger partial charge in [-0.1, -0.05) is 17.7 Å². The first-order valence-electron chi connectivity index (χ1n) is 4.52. The maximum atomic E-state index is 5.78. The van der Waals surface area contributed by atoms with E-state index in [1.54, 1.807) is 18.6 Å². The van der Waals surface area contributed by atoms with Crippen molar-refractivity contribution in [2.45, 2.75) is 0 Å². The van der Waals surface area contributed by atoms with Crippen LogP contribution in [0.2, 0.25) is 5.15 Å². The fraction of sp³-hybridized carbons (Fsp3) is 0. The van der Waals surface area contributed by atoms with Crippen LogP contribution in [-0.4, -0.2) is 21.2 Å². The van der Waals surface area contributed by atoms with Gasteiger partial charge in [0, 0.05) is 30.4 Å². The van der Waals surface area contributed by atoms with Crippen molar-refractivity contribution in [3.05, 3.63) is 47.6 Å². The Morgan fingerprint density at radius 1 is 1.25 bits per heavy atom. The lowest BCUT2D eigenvalue weighted by molar-refractivity contribution is 1.16. The summed E-state index contributed by atoms with van der Waals surface area (Å²) in [5.41, 5.74) is 3.58. The van der Waals surface area contributed by atoms with Gasteiger partial charge in [0.15, 0.2) is 11.0 Å². The molecule has 0 spiro atoms. The molecule has 2 aromatic rings. The van der Waals surface area contributed by atoms with Crippen LogP contribution >= 0.6 is 11.6 Å². The standard InChI is InChI=1S/C10H8ClN5/c11-9-10(14-5-4-13-9)16-15-7-8-2-1-3-12-6-8/h1-7H,(H,14,16)/b15-7-. The largest absolute Gasteiger partial charge is 0.264 e. The molecule has 1 N–H and O–H groups in total. The summed E-state index contributed by atoms with van der Waals surface area (Å²) in [6.07, 6.45) is 8.07. The molecule has 2 rings (SSSR count). The quantitative estimate of drug-likeness (QED) is 0.650. The Kier molecular flexibility index (Phi) is 3.40. The molecule has 6 heteroatoms. The van der Waals surface area contributed by atoms with E-state index in [1.807, 2.05) is 12.1 Å².